The molecule has 0 aromatic heterocycles. The maximum atomic E-state index is 13.2. The quantitative estimate of drug-likeness (QED) is 0.634. The molecule has 1 saturated heterocycles. The Bertz CT molecular complexity index is 494. The van der Waals surface area contributed by atoms with Crippen molar-refractivity contribution in [1.29, 1.82) is 0 Å². The third-order valence-electron chi connectivity index (χ3n) is 2.83. The molecule has 0 saturated carbocycles. The molecule has 1 aromatic carbocycles. The van der Waals surface area contributed by atoms with Crippen LogP contribution in [0, 0.1) is 5.82 Å². The van der Waals surface area contributed by atoms with E-state index in [2.05, 4.69) is 0 Å². The van der Waals surface area contributed by atoms with Crippen LogP contribution in [0.2, 0.25) is 0 Å². The van der Waals surface area contributed by atoms with Crippen molar-refractivity contribution < 1.29 is 23.8 Å². The van der Waals surface area contributed by atoms with Crippen molar-refractivity contribution in [3.63, 3.8) is 0 Å². The summed E-state index contributed by atoms with van der Waals surface area (Å²) in [5.74, 6) is -1.48. The molecule has 0 radical (unpaired) electrons. The van der Waals surface area contributed by atoms with Crippen LogP contribution >= 0.6 is 0 Å². The van der Waals surface area contributed by atoms with E-state index >= 15 is 0 Å². The zero-order chi connectivity index (χ0) is 13.8. The van der Waals surface area contributed by atoms with Gasteiger partial charge in [0.25, 0.3) is 0 Å². The number of hydrogen-bond donors (Lipinski definition) is 1. The molecular weight excluding hydrogens is 251 g/mol. The molecule has 102 valence electrons. The van der Waals surface area contributed by atoms with E-state index in [1.165, 1.54) is 18.2 Å². The number of aliphatic carboxylic acids is 1. The lowest BCUT2D eigenvalue weighted by atomic mass is 10.0. The summed E-state index contributed by atoms with van der Waals surface area (Å²) in [5, 5.41) is 8.63. The lowest BCUT2D eigenvalue weighted by molar-refractivity contribution is -0.131. The van der Waals surface area contributed by atoms with Crippen molar-refractivity contribution in [2.24, 2.45) is 0 Å². The lowest BCUT2D eigenvalue weighted by Crippen LogP contribution is -2.07. The second-order valence-corrected chi connectivity index (χ2v) is 4.38. The van der Waals surface area contributed by atoms with Gasteiger partial charge in [-0.3, -0.25) is 0 Å². The molecule has 19 heavy (non-hydrogen) atoms. The topological polar surface area (TPSA) is 59.1 Å². The highest BCUT2D eigenvalue weighted by Crippen LogP contribution is 2.24. The van der Waals surface area contributed by atoms with Gasteiger partial charge in [0.2, 0.25) is 0 Å². The average molecular weight is 266 g/mol. The number of epoxide rings is 1. The van der Waals surface area contributed by atoms with Crippen LogP contribution in [0.4, 0.5) is 4.39 Å². The molecule has 1 aliphatic heterocycles. The highest BCUT2D eigenvalue weighted by atomic mass is 19.1. The second-order valence-electron chi connectivity index (χ2n) is 4.38. The van der Waals surface area contributed by atoms with Gasteiger partial charge in [-0.2, -0.15) is 0 Å². The summed E-state index contributed by atoms with van der Waals surface area (Å²) < 4.78 is 23.9. The van der Waals surface area contributed by atoms with Gasteiger partial charge >= 0.3 is 5.97 Å². The van der Waals surface area contributed by atoms with E-state index in [9.17, 15) is 9.18 Å². The Morgan fingerprint density at radius 2 is 2.42 bits per heavy atom. The fraction of sp³-hybridized carbons (Fsp3) is 0.357. The number of carboxylic acid groups (broad SMARTS) is 1. The number of rotatable bonds is 6. The van der Waals surface area contributed by atoms with E-state index in [4.69, 9.17) is 14.6 Å². The lowest BCUT2D eigenvalue weighted by Gasteiger charge is -2.15. The van der Waals surface area contributed by atoms with Gasteiger partial charge in [-0.1, -0.05) is 6.07 Å². The van der Waals surface area contributed by atoms with Gasteiger partial charge in [0, 0.05) is 6.08 Å². The first kappa shape index (κ1) is 13.7. The monoisotopic (exact) mass is 266 g/mol. The van der Waals surface area contributed by atoms with Crippen molar-refractivity contribution >= 4 is 12.0 Å². The molecule has 4 nitrogen and oxygen atoms in total. The molecule has 2 rings (SSSR count). The molecular formula is C14H15FO4. The maximum absolute atomic E-state index is 13.2. The normalized spacial score (nSPS) is 19.6. The SMILES string of the molecule is C[C@@H](OC[C@H]1CO1)c1ccc(F)cc1C=CC(=O)O. The fourth-order valence-corrected chi connectivity index (χ4v) is 1.73. The minimum absolute atomic E-state index is 0.154. The number of hydrogen-bond acceptors (Lipinski definition) is 3. The summed E-state index contributed by atoms with van der Waals surface area (Å²) in [7, 11) is 0. The van der Waals surface area contributed by atoms with Crippen LogP contribution in [-0.4, -0.2) is 30.4 Å². The first-order valence-corrected chi connectivity index (χ1v) is 6.00. The van der Waals surface area contributed by atoms with Gasteiger partial charge in [0.15, 0.2) is 0 Å². The largest absolute Gasteiger partial charge is 0.478 e. The molecule has 5 heteroatoms. The Labute approximate surface area is 110 Å². The van der Waals surface area contributed by atoms with Crippen molar-refractivity contribution in [3.05, 3.63) is 41.2 Å². The van der Waals surface area contributed by atoms with E-state index in [1.807, 2.05) is 6.92 Å². The zero-order valence-corrected chi connectivity index (χ0v) is 10.5. The molecule has 2 atom stereocenters. The summed E-state index contributed by atoms with van der Waals surface area (Å²) in [6, 6.07) is 4.23. The van der Waals surface area contributed by atoms with E-state index in [0.29, 0.717) is 18.8 Å². The Kier molecular flexibility index (Phi) is 4.29. The van der Waals surface area contributed by atoms with E-state index in [1.54, 1.807) is 6.07 Å². The maximum Gasteiger partial charge on any atom is 0.328 e. The standard InChI is InChI=1S/C14H15FO4/c1-9(18-7-12-8-19-12)13-4-3-11(15)6-10(13)2-5-14(16)17/h2-6,9,12H,7-8H2,1H3,(H,16,17)/t9-,12+/m1/s1. The molecule has 0 spiro atoms. The summed E-state index contributed by atoms with van der Waals surface area (Å²) in [6.07, 6.45) is 2.25. The minimum atomic E-state index is -1.07. The van der Waals surface area contributed by atoms with Crippen molar-refractivity contribution in [1.82, 2.24) is 0 Å². The van der Waals surface area contributed by atoms with Gasteiger partial charge < -0.3 is 14.6 Å². The highest BCUT2D eigenvalue weighted by Gasteiger charge is 2.24. The fourth-order valence-electron chi connectivity index (χ4n) is 1.73. The predicted octanol–water partition coefficient (Wildman–Crippen LogP) is 2.40. The number of ether oxygens (including phenoxy) is 2. The van der Waals surface area contributed by atoms with Crippen LogP contribution in [0.25, 0.3) is 6.08 Å². The molecule has 1 aliphatic rings. The molecule has 0 aliphatic carbocycles. The van der Waals surface area contributed by atoms with Crippen LogP contribution in [0.5, 0.6) is 0 Å². The van der Waals surface area contributed by atoms with E-state index in [-0.39, 0.29) is 12.2 Å². The summed E-state index contributed by atoms with van der Waals surface area (Å²) >= 11 is 0. The molecule has 1 aromatic rings. The van der Waals surface area contributed by atoms with Gasteiger partial charge in [-0.25, -0.2) is 9.18 Å². The first-order chi connectivity index (χ1) is 9.06. The molecule has 1 heterocycles. The van der Waals surface area contributed by atoms with Gasteiger partial charge in [0.1, 0.15) is 11.9 Å². The van der Waals surface area contributed by atoms with Crippen LogP contribution in [-0.2, 0) is 14.3 Å². The third kappa shape index (κ3) is 4.15. The number of halogens is 1. The molecule has 0 bridgehead atoms. The Morgan fingerprint density at radius 3 is 3.05 bits per heavy atom. The van der Waals surface area contributed by atoms with E-state index < -0.39 is 11.8 Å². The zero-order valence-electron chi connectivity index (χ0n) is 10.5. The van der Waals surface area contributed by atoms with Crippen molar-refractivity contribution in [3.8, 4) is 0 Å². The number of carbonyl (C=O) groups is 1. The molecule has 1 fully saturated rings. The smallest absolute Gasteiger partial charge is 0.328 e. The first-order valence-electron chi connectivity index (χ1n) is 6.00. The van der Waals surface area contributed by atoms with Crippen LogP contribution in [0.15, 0.2) is 24.3 Å². The third-order valence-corrected chi connectivity index (χ3v) is 2.83. The van der Waals surface area contributed by atoms with Crippen LogP contribution in [0.3, 0.4) is 0 Å². The molecule has 1 N–H and O–H groups in total. The number of benzene rings is 1. The predicted molar refractivity (Wildman–Crippen MR) is 67.2 cm³/mol. The number of carboxylic acids is 1. The van der Waals surface area contributed by atoms with E-state index in [0.717, 1.165) is 11.6 Å². The Hall–Kier alpha value is -1.72. The highest BCUT2D eigenvalue weighted by molar-refractivity contribution is 5.85. The van der Waals surface area contributed by atoms with Crippen molar-refractivity contribution in [2.45, 2.75) is 19.1 Å². The average Bonchev–Trinajstić information content (AvgIpc) is 3.17. The summed E-state index contributed by atoms with van der Waals surface area (Å²) in [5.41, 5.74) is 1.26. The summed E-state index contributed by atoms with van der Waals surface area (Å²) in [4.78, 5) is 10.5. The summed E-state index contributed by atoms with van der Waals surface area (Å²) in [6.45, 7) is 3.04. The van der Waals surface area contributed by atoms with Crippen molar-refractivity contribution in [2.75, 3.05) is 13.2 Å². The van der Waals surface area contributed by atoms with Crippen LogP contribution < -0.4 is 0 Å². The van der Waals surface area contributed by atoms with Gasteiger partial charge in [-0.05, 0) is 36.3 Å². The minimum Gasteiger partial charge on any atom is -0.478 e. The van der Waals surface area contributed by atoms with Gasteiger partial charge in [0.05, 0.1) is 19.3 Å². The second kappa shape index (κ2) is 5.95. The Balaban J connectivity index is 2.14. The Morgan fingerprint density at radius 1 is 1.68 bits per heavy atom. The molecule has 0 unspecified atom stereocenters. The van der Waals surface area contributed by atoms with Crippen LogP contribution in [0.1, 0.15) is 24.2 Å². The molecule has 0 amide bonds. The van der Waals surface area contributed by atoms with Gasteiger partial charge in [-0.15, -0.1) is 0 Å².